The molecule has 0 spiro atoms. The number of ether oxygens (including phenoxy) is 1. The van der Waals surface area contributed by atoms with Gasteiger partial charge in [-0.15, -0.1) is 0 Å². The molecule has 3 nitrogen and oxygen atoms in total. The molecule has 2 N–H and O–H groups in total. The molecule has 0 bridgehead atoms. The molecule has 0 fully saturated rings. The molecule has 0 unspecified atom stereocenters. The van der Waals surface area contributed by atoms with Gasteiger partial charge in [0.25, 0.3) is 0 Å². The van der Waals surface area contributed by atoms with Gasteiger partial charge in [-0.25, -0.2) is 4.39 Å². The fraction of sp³-hybridized carbons (Fsp3) is 0.222. The van der Waals surface area contributed by atoms with Gasteiger partial charge in [0.2, 0.25) is 0 Å². The largest absolute Gasteiger partial charge is 0.494 e. The molecular formula is C9H9FN2O. The van der Waals surface area contributed by atoms with Crippen LogP contribution in [0.5, 0.6) is 5.75 Å². The third kappa shape index (κ3) is 1.88. The first-order chi connectivity index (χ1) is 6.19. The Kier molecular flexibility index (Phi) is 2.70. The first kappa shape index (κ1) is 9.33. The summed E-state index contributed by atoms with van der Waals surface area (Å²) in [5, 5.41) is 8.51. The molecule has 1 aromatic rings. The highest BCUT2D eigenvalue weighted by molar-refractivity contribution is 5.57. The number of halogens is 1. The Morgan fingerprint density at radius 1 is 1.62 bits per heavy atom. The molecule has 4 heteroatoms. The molecule has 0 radical (unpaired) electrons. The molecule has 0 aliphatic rings. The molecule has 0 atom stereocenters. The summed E-state index contributed by atoms with van der Waals surface area (Å²) in [6.07, 6.45) is 0. The maximum atomic E-state index is 13.1. The fourth-order valence-electron chi connectivity index (χ4n) is 0.970. The standard InChI is InChI=1S/C9H9FN2O/c1-2-13-6-3-8(10)7(5-11)9(12)4-6/h3-4H,2,12H2,1H3. The van der Waals surface area contributed by atoms with Gasteiger partial charge in [-0.2, -0.15) is 5.26 Å². The zero-order valence-electron chi connectivity index (χ0n) is 7.17. The molecule has 0 aliphatic heterocycles. The highest BCUT2D eigenvalue weighted by Crippen LogP contribution is 2.22. The summed E-state index contributed by atoms with van der Waals surface area (Å²) >= 11 is 0. The van der Waals surface area contributed by atoms with E-state index in [1.165, 1.54) is 6.07 Å². The van der Waals surface area contributed by atoms with Crippen LogP contribution in [0.1, 0.15) is 12.5 Å². The van der Waals surface area contributed by atoms with Gasteiger partial charge in [-0.05, 0) is 6.92 Å². The summed E-state index contributed by atoms with van der Waals surface area (Å²) in [6, 6.07) is 4.26. The Hall–Kier alpha value is -1.76. The quantitative estimate of drug-likeness (QED) is 0.704. The van der Waals surface area contributed by atoms with Gasteiger partial charge < -0.3 is 10.5 Å². The third-order valence-corrected chi connectivity index (χ3v) is 1.52. The minimum atomic E-state index is -0.647. The highest BCUT2D eigenvalue weighted by Gasteiger charge is 2.08. The first-order valence-corrected chi connectivity index (χ1v) is 3.81. The number of nitrogens with zero attached hydrogens (tertiary/aromatic N) is 1. The van der Waals surface area contributed by atoms with Crippen molar-refractivity contribution in [3.8, 4) is 11.8 Å². The van der Waals surface area contributed by atoms with Gasteiger partial charge in [0, 0.05) is 12.1 Å². The van der Waals surface area contributed by atoms with Crippen molar-refractivity contribution in [3.05, 3.63) is 23.5 Å². The molecule has 0 aromatic heterocycles. The van der Waals surface area contributed by atoms with Crippen molar-refractivity contribution in [3.63, 3.8) is 0 Å². The van der Waals surface area contributed by atoms with Gasteiger partial charge in [0.05, 0.1) is 12.3 Å². The van der Waals surface area contributed by atoms with Crippen LogP contribution >= 0.6 is 0 Å². The first-order valence-electron chi connectivity index (χ1n) is 3.81. The van der Waals surface area contributed by atoms with E-state index in [0.717, 1.165) is 6.07 Å². The van der Waals surface area contributed by atoms with Gasteiger partial charge in [-0.3, -0.25) is 0 Å². The van der Waals surface area contributed by atoms with E-state index < -0.39 is 5.82 Å². The second kappa shape index (κ2) is 3.76. The Balaban J connectivity index is 3.14. The summed E-state index contributed by atoms with van der Waals surface area (Å²) in [5.41, 5.74) is 5.39. The van der Waals surface area contributed by atoms with E-state index in [0.29, 0.717) is 12.4 Å². The molecule has 68 valence electrons. The molecule has 0 amide bonds. The van der Waals surface area contributed by atoms with Crippen molar-refractivity contribution < 1.29 is 9.13 Å². The molecule has 0 saturated heterocycles. The third-order valence-electron chi connectivity index (χ3n) is 1.52. The number of nitrogens with two attached hydrogens (primary N) is 1. The minimum absolute atomic E-state index is 0.103. The van der Waals surface area contributed by atoms with E-state index in [2.05, 4.69) is 0 Å². The molecule has 0 saturated carbocycles. The van der Waals surface area contributed by atoms with Crippen molar-refractivity contribution in [2.24, 2.45) is 0 Å². The summed E-state index contributed by atoms with van der Waals surface area (Å²) < 4.78 is 18.1. The van der Waals surface area contributed by atoms with Crippen molar-refractivity contribution in [1.29, 1.82) is 5.26 Å². The highest BCUT2D eigenvalue weighted by atomic mass is 19.1. The number of benzene rings is 1. The van der Waals surface area contributed by atoms with Gasteiger partial charge in [0.15, 0.2) is 0 Å². The van der Waals surface area contributed by atoms with E-state index in [9.17, 15) is 4.39 Å². The number of rotatable bonds is 2. The molecule has 0 aliphatic carbocycles. The summed E-state index contributed by atoms with van der Waals surface area (Å²) in [5.74, 6) is -0.303. The molecule has 13 heavy (non-hydrogen) atoms. The molecule has 1 aromatic carbocycles. The second-order valence-electron chi connectivity index (χ2n) is 2.41. The fourth-order valence-corrected chi connectivity index (χ4v) is 0.970. The number of nitriles is 1. The maximum Gasteiger partial charge on any atom is 0.146 e. The second-order valence-corrected chi connectivity index (χ2v) is 2.41. The Morgan fingerprint density at radius 2 is 2.31 bits per heavy atom. The van der Waals surface area contributed by atoms with E-state index in [-0.39, 0.29) is 11.3 Å². The van der Waals surface area contributed by atoms with Crippen molar-refractivity contribution >= 4 is 5.69 Å². The number of hydrogen-bond acceptors (Lipinski definition) is 3. The lowest BCUT2D eigenvalue weighted by Gasteiger charge is -2.05. The average molecular weight is 180 g/mol. The van der Waals surface area contributed by atoms with Crippen LogP contribution < -0.4 is 10.5 Å². The van der Waals surface area contributed by atoms with Crippen LogP contribution in [0.4, 0.5) is 10.1 Å². The van der Waals surface area contributed by atoms with Gasteiger partial charge >= 0.3 is 0 Å². The summed E-state index contributed by atoms with van der Waals surface area (Å²) in [4.78, 5) is 0. The average Bonchev–Trinajstić information content (AvgIpc) is 2.04. The summed E-state index contributed by atoms with van der Waals surface area (Å²) in [7, 11) is 0. The summed E-state index contributed by atoms with van der Waals surface area (Å²) in [6.45, 7) is 2.22. The molecule has 1 rings (SSSR count). The molecule has 0 heterocycles. The minimum Gasteiger partial charge on any atom is -0.494 e. The van der Waals surface area contributed by atoms with E-state index in [1.54, 1.807) is 13.0 Å². The lowest BCUT2D eigenvalue weighted by Crippen LogP contribution is -1.98. The molecular weight excluding hydrogens is 171 g/mol. The van der Waals surface area contributed by atoms with Crippen LogP contribution in [0.3, 0.4) is 0 Å². The monoisotopic (exact) mass is 180 g/mol. The Labute approximate surface area is 75.5 Å². The van der Waals surface area contributed by atoms with Crippen molar-refractivity contribution in [1.82, 2.24) is 0 Å². The normalized spacial score (nSPS) is 9.31. The Morgan fingerprint density at radius 3 is 2.77 bits per heavy atom. The van der Waals surface area contributed by atoms with Crippen LogP contribution in [-0.4, -0.2) is 6.61 Å². The zero-order chi connectivity index (χ0) is 9.84. The number of anilines is 1. The van der Waals surface area contributed by atoms with Crippen molar-refractivity contribution in [2.75, 3.05) is 12.3 Å². The Bertz CT molecular complexity index is 334. The topological polar surface area (TPSA) is 59.0 Å². The van der Waals surface area contributed by atoms with Crippen LogP contribution in [0.2, 0.25) is 0 Å². The predicted octanol–water partition coefficient (Wildman–Crippen LogP) is 1.68. The van der Waals surface area contributed by atoms with Crippen molar-refractivity contribution in [2.45, 2.75) is 6.92 Å². The van der Waals surface area contributed by atoms with Crippen LogP contribution in [-0.2, 0) is 0 Å². The van der Waals surface area contributed by atoms with Crippen LogP contribution in [0.25, 0.3) is 0 Å². The number of hydrogen-bond donors (Lipinski definition) is 1. The maximum absolute atomic E-state index is 13.1. The van der Waals surface area contributed by atoms with E-state index >= 15 is 0 Å². The van der Waals surface area contributed by atoms with Crippen LogP contribution in [0.15, 0.2) is 12.1 Å². The van der Waals surface area contributed by atoms with Crippen LogP contribution in [0, 0.1) is 17.1 Å². The smallest absolute Gasteiger partial charge is 0.146 e. The van der Waals surface area contributed by atoms with E-state index in [4.69, 9.17) is 15.7 Å². The lowest BCUT2D eigenvalue weighted by atomic mass is 10.2. The number of nitrogen functional groups attached to an aromatic ring is 1. The predicted molar refractivity (Wildman–Crippen MR) is 46.7 cm³/mol. The van der Waals surface area contributed by atoms with Gasteiger partial charge in [-0.1, -0.05) is 0 Å². The lowest BCUT2D eigenvalue weighted by molar-refractivity contribution is 0.338. The SMILES string of the molecule is CCOc1cc(N)c(C#N)c(F)c1. The zero-order valence-corrected chi connectivity index (χ0v) is 7.17. The van der Waals surface area contributed by atoms with Gasteiger partial charge in [0.1, 0.15) is 23.2 Å². The van der Waals surface area contributed by atoms with E-state index in [1.807, 2.05) is 0 Å².